The lowest BCUT2D eigenvalue weighted by molar-refractivity contribution is 0.265. The molecule has 0 saturated heterocycles. The number of nitrogen functional groups attached to an aromatic ring is 4. The summed E-state index contributed by atoms with van der Waals surface area (Å²) in [6.45, 7) is 14.0. The van der Waals surface area contributed by atoms with E-state index in [0.29, 0.717) is 72.7 Å². The molecule has 0 saturated carbocycles. The predicted molar refractivity (Wildman–Crippen MR) is 434 cm³/mol. The highest BCUT2D eigenvalue weighted by Crippen LogP contribution is 2.28. The van der Waals surface area contributed by atoms with E-state index in [9.17, 15) is 20.4 Å². The molecule has 0 aliphatic rings. The summed E-state index contributed by atoms with van der Waals surface area (Å²) < 4.78 is 33.6. The van der Waals surface area contributed by atoms with Gasteiger partial charge in [0, 0.05) is 11.4 Å². The Morgan fingerprint density at radius 1 is 0.375 bits per heavy atom. The fraction of sp³-hybridized carbons (Fsp3) is 0.472. The van der Waals surface area contributed by atoms with Crippen LogP contribution in [0.3, 0.4) is 0 Å². The van der Waals surface area contributed by atoms with Crippen LogP contribution in [0.1, 0.15) is 139 Å². The van der Waals surface area contributed by atoms with Gasteiger partial charge in [-0.05, 0) is 125 Å². The molecule has 2 aromatic carbocycles. The molecular formula is C72H114N18O10S4. The quantitative estimate of drug-likeness (QED) is 0.0159. The van der Waals surface area contributed by atoms with E-state index in [4.69, 9.17) is 51.4 Å². The number of nitrogens with zero attached hydrogens (tertiary/aromatic N) is 10. The maximum absolute atomic E-state index is 9.56. The Morgan fingerprint density at radius 2 is 0.673 bits per heavy atom. The molecule has 6 aromatic heterocycles. The maximum Gasteiger partial charge on any atom is 0.222 e. The first kappa shape index (κ1) is 93.5. The van der Waals surface area contributed by atoms with Gasteiger partial charge in [-0.2, -0.15) is 73.9 Å². The molecule has 104 heavy (non-hydrogen) atoms. The molecule has 0 amide bonds. The summed E-state index contributed by atoms with van der Waals surface area (Å²) in [5, 5.41) is 50.8. The second kappa shape index (κ2) is 54.2. The van der Waals surface area contributed by atoms with E-state index >= 15 is 0 Å². The van der Waals surface area contributed by atoms with Gasteiger partial charge in [0.05, 0.1) is 114 Å². The molecule has 0 spiro atoms. The van der Waals surface area contributed by atoms with Gasteiger partial charge in [0.2, 0.25) is 23.8 Å². The molecule has 8 rings (SSSR count). The zero-order valence-electron chi connectivity index (χ0n) is 61.3. The standard InChI is InChI=1S/C20H30N4O3.C19H28N4O3.C17H25N5O2.C16H23N5O2.4H2S/c1-3-4-7-16(14-25)23-19-18(13-22-20(21)24-19)27-12-5-6-15-8-10-17(26-2)11-9-15;1-3-5-15(13-24)22-18-17(12-21-19(20)23-18)26-11-4-6-14-7-9-16(25-2)10-8-14;1-3-4-7-13(10-23)21-16-15(9-19-17(18)22-16)24-11-14-8-5-6-12(2)20-14;1-3-5-12(9-22)20-15-14(8-18-16(17)21-15)23-10-13-7-4-6-11(2)19-13;;;;/h8-11,13,16,25H,3-7,12,14H2,1-2H3,(H3,21,22,23,24);7-10,12,15,24H,3-6,11,13H2,1-2H3,(H3,20,21,22,23);5-6,8-9,13,23H,3-4,7,10-11H2,1-2H3,(H3,18,19,21,22);4,6-8,12,22H,3,5,9-10H2,1-2H3,(H3,17,18,20,21);4*1H2/t16-;15-;13-;12-;;;;/m0100..../s1. The lowest BCUT2D eigenvalue weighted by atomic mass is 10.1. The molecule has 0 fully saturated rings. The Labute approximate surface area is 641 Å². The number of nitrogens with one attached hydrogen (secondary N) is 4. The lowest BCUT2D eigenvalue weighted by Gasteiger charge is -2.19. The summed E-state index contributed by atoms with van der Waals surface area (Å²) in [5.74, 6) is 6.46. The van der Waals surface area contributed by atoms with Crippen molar-refractivity contribution in [1.82, 2.24) is 49.8 Å². The number of aliphatic hydroxyl groups is 4. The van der Waals surface area contributed by atoms with E-state index in [1.54, 1.807) is 26.6 Å². The third kappa shape index (κ3) is 35.8. The predicted octanol–water partition coefficient (Wildman–Crippen LogP) is 10.4. The normalized spacial score (nSPS) is 11.4. The van der Waals surface area contributed by atoms with Crippen molar-refractivity contribution in [3.8, 4) is 34.5 Å². The molecule has 0 unspecified atom stereocenters. The van der Waals surface area contributed by atoms with E-state index in [1.807, 2.05) is 74.5 Å². The summed E-state index contributed by atoms with van der Waals surface area (Å²) in [5.41, 5.74) is 28.7. The number of aryl methyl sites for hydroxylation is 4. The molecule has 0 aliphatic heterocycles. The Morgan fingerprint density at radius 3 is 0.942 bits per heavy atom. The minimum absolute atomic E-state index is 0. The van der Waals surface area contributed by atoms with Crippen LogP contribution in [0.4, 0.5) is 47.1 Å². The van der Waals surface area contributed by atoms with E-state index in [-0.39, 0.29) is 128 Å². The largest absolute Gasteiger partial charge is 0.497 e. The van der Waals surface area contributed by atoms with Crippen LogP contribution in [-0.4, -0.2) is 148 Å². The Kier molecular flexibility index (Phi) is 48.7. The van der Waals surface area contributed by atoms with Crippen LogP contribution < -0.4 is 72.6 Å². The van der Waals surface area contributed by atoms with Crippen LogP contribution in [0.2, 0.25) is 0 Å². The number of aromatic nitrogens is 10. The van der Waals surface area contributed by atoms with Gasteiger partial charge in [-0.25, -0.2) is 19.9 Å². The highest BCUT2D eigenvalue weighted by atomic mass is 32.1. The van der Waals surface area contributed by atoms with Crippen molar-refractivity contribution in [3.63, 3.8) is 0 Å². The van der Waals surface area contributed by atoms with Gasteiger partial charge in [0.25, 0.3) is 0 Å². The molecule has 4 atom stereocenters. The Hall–Kier alpha value is -8.50. The van der Waals surface area contributed by atoms with Crippen LogP contribution in [0.25, 0.3) is 0 Å². The second-order valence-corrected chi connectivity index (χ2v) is 23.4. The molecule has 32 heteroatoms. The first-order chi connectivity index (χ1) is 48.5. The fourth-order valence-electron chi connectivity index (χ4n) is 9.75. The molecule has 0 radical (unpaired) electrons. The van der Waals surface area contributed by atoms with E-state index in [2.05, 4.69) is 123 Å². The second-order valence-electron chi connectivity index (χ2n) is 23.4. The maximum atomic E-state index is 9.56. The van der Waals surface area contributed by atoms with Gasteiger partial charge in [-0.15, -0.1) is 0 Å². The number of aliphatic hydroxyl groups excluding tert-OH is 4. The smallest absolute Gasteiger partial charge is 0.222 e. The number of methoxy groups -OCH3 is 2. The molecule has 16 N–H and O–H groups in total. The number of anilines is 8. The van der Waals surface area contributed by atoms with Crippen molar-refractivity contribution < 1.29 is 48.8 Å². The molecule has 28 nitrogen and oxygen atoms in total. The van der Waals surface area contributed by atoms with Gasteiger partial charge in [-0.1, -0.05) is 103 Å². The van der Waals surface area contributed by atoms with E-state index < -0.39 is 0 Å². The van der Waals surface area contributed by atoms with Crippen molar-refractivity contribution in [1.29, 1.82) is 0 Å². The first-order valence-electron chi connectivity index (χ1n) is 34.2. The van der Waals surface area contributed by atoms with Gasteiger partial charge >= 0.3 is 0 Å². The zero-order valence-corrected chi connectivity index (χ0v) is 65.3. The highest BCUT2D eigenvalue weighted by molar-refractivity contribution is 7.59. The topological polar surface area (TPSA) is 417 Å². The first-order valence-corrected chi connectivity index (χ1v) is 34.2. The fourth-order valence-corrected chi connectivity index (χ4v) is 9.75. The Balaban J connectivity index is 0.000000686. The third-order valence-electron chi connectivity index (χ3n) is 15.1. The van der Waals surface area contributed by atoms with Crippen molar-refractivity contribution in [2.24, 2.45) is 0 Å². The average molecular weight is 1520 g/mol. The number of hydrogen-bond donors (Lipinski definition) is 12. The molecule has 8 aromatic rings. The number of hydrogen-bond acceptors (Lipinski definition) is 28. The third-order valence-corrected chi connectivity index (χ3v) is 15.1. The number of benzene rings is 2. The van der Waals surface area contributed by atoms with Crippen LogP contribution in [0.5, 0.6) is 34.5 Å². The number of ether oxygens (including phenoxy) is 6. The minimum atomic E-state index is -0.103. The SMILES string of the molecule is CCCC[C@@H](CO)Nc1nc(N)ncc1OCCCc1ccc(OC)cc1.CCCC[C@@H](CO)Nc1nc(N)ncc1OCc1cccc(C)n1.CCC[C@@H](CO)Nc1nc(N)ncc1OCc1cccc(C)n1.CCC[C@H](CO)Nc1nc(N)ncc1OCCCc1ccc(OC)cc1.S.S.S.S. The van der Waals surface area contributed by atoms with Gasteiger partial charge in [0.1, 0.15) is 24.7 Å². The van der Waals surface area contributed by atoms with Crippen molar-refractivity contribution in [3.05, 3.63) is 144 Å². The van der Waals surface area contributed by atoms with Crippen molar-refractivity contribution in [2.45, 2.75) is 169 Å². The van der Waals surface area contributed by atoms with Gasteiger partial charge in [-0.3, -0.25) is 9.97 Å². The molecule has 6 heterocycles. The number of pyridine rings is 2. The van der Waals surface area contributed by atoms with Crippen LogP contribution >= 0.6 is 54.0 Å². The molecule has 576 valence electrons. The monoisotopic (exact) mass is 1520 g/mol. The molecule has 0 aliphatic carbocycles. The summed E-state index contributed by atoms with van der Waals surface area (Å²) in [7, 11) is 3.32. The zero-order chi connectivity index (χ0) is 72.3. The highest BCUT2D eigenvalue weighted by Gasteiger charge is 2.18. The molecular weight excluding hydrogens is 1410 g/mol. The summed E-state index contributed by atoms with van der Waals surface area (Å²) >= 11 is 0. The lowest BCUT2D eigenvalue weighted by Crippen LogP contribution is -2.25. The average Bonchev–Trinajstić information content (AvgIpc) is 0.865. The van der Waals surface area contributed by atoms with Gasteiger partial charge in [0.15, 0.2) is 46.3 Å². The van der Waals surface area contributed by atoms with Crippen LogP contribution in [0.15, 0.2) is 110 Å². The minimum Gasteiger partial charge on any atom is -0.497 e. The van der Waals surface area contributed by atoms with E-state index in [0.717, 1.165) is 124 Å². The van der Waals surface area contributed by atoms with Gasteiger partial charge < -0.3 is 93.0 Å². The van der Waals surface area contributed by atoms with E-state index in [1.165, 1.54) is 23.5 Å². The van der Waals surface area contributed by atoms with Crippen molar-refractivity contribution >= 4 is 101 Å². The number of nitrogens with two attached hydrogens (primary N) is 4. The van der Waals surface area contributed by atoms with Crippen LogP contribution in [0, 0.1) is 13.8 Å². The summed E-state index contributed by atoms with van der Waals surface area (Å²) in [6, 6.07) is 27.2. The van der Waals surface area contributed by atoms with Crippen LogP contribution in [-0.2, 0) is 26.1 Å². The van der Waals surface area contributed by atoms with Crippen molar-refractivity contribution in [2.75, 3.05) is 98.1 Å². The Bertz CT molecular complexity index is 3570. The molecule has 0 bridgehead atoms. The summed E-state index contributed by atoms with van der Waals surface area (Å²) in [6.07, 6.45) is 19.1. The number of unbranched alkanes of at least 4 members (excludes halogenated alkanes) is 2. The summed E-state index contributed by atoms with van der Waals surface area (Å²) in [4.78, 5) is 41.6. The number of rotatable bonds is 40.